The van der Waals surface area contributed by atoms with Crippen molar-refractivity contribution in [2.45, 2.75) is 64.3 Å². The third-order valence-corrected chi connectivity index (χ3v) is 4.57. The highest BCUT2D eigenvalue weighted by molar-refractivity contribution is 5.29. The van der Waals surface area contributed by atoms with Crippen LogP contribution in [0.2, 0.25) is 0 Å². The van der Waals surface area contributed by atoms with Crippen molar-refractivity contribution >= 4 is 0 Å². The summed E-state index contributed by atoms with van der Waals surface area (Å²) in [4.78, 5) is 4.32. The van der Waals surface area contributed by atoms with Crippen LogP contribution in [0, 0.1) is 5.92 Å². The van der Waals surface area contributed by atoms with E-state index in [1.54, 1.807) is 6.20 Å². The average molecular weight is 276 g/mol. The zero-order valence-electron chi connectivity index (χ0n) is 12.9. The molecule has 1 aliphatic carbocycles. The lowest BCUT2D eigenvalue weighted by Gasteiger charge is -2.28. The Morgan fingerprint density at radius 3 is 2.90 bits per heavy atom. The number of nitrogens with zero attached hydrogens (tertiary/aromatic N) is 1. The zero-order chi connectivity index (χ0) is 14.4. The van der Waals surface area contributed by atoms with E-state index in [9.17, 15) is 0 Å². The third-order valence-electron chi connectivity index (χ3n) is 4.57. The Hall–Kier alpha value is -1.09. The molecule has 1 saturated carbocycles. The summed E-state index contributed by atoms with van der Waals surface area (Å²) in [5.41, 5.74) is 7.62. The van der Waals surface area contributed by atoms with E-state index in [1.807, 2.05) is 6.20 Å². The Kier molecular flexibility index (Phi) is 5.41. The molecule has 0 amide bonds. The molecule has 0 bridgehead atoms. The Morgan fingerprint density at radius 2 is 2.15 bits per heavy atom. The Labute approximate surface area is 122 Å². The maximum absolute atomic E-state index is 6.70. The van der Waals surface area contributed by atoms with E-state index >= 15 is 0 Å². The molecule has 3 nitrogen and oxygen atoms in total. The van der Waals surface area contributed by atoms with Gasteiger partial charge >= 0.3 is 0 Å². The van der Waals surface area contributed by atoms with Gasteiger partial charge in [-0.3, -0.25) is 4.98 Å². The Bertz CT molecular complexity index is 421. The van der Waals surface area contributed by atoms with E-state index in [1.165, 1.54) is 25.7 Å². The summed E-state index contributed by atoms with van der Waals surface area (Å²) in [5, 5.41) is 0. The topological polar surface area (TPSA) is 48.1 Å². The minimum atomic E-state index is -0.220. The predicted octanol–water partition coefficient (Wildman–Crippen LogP) is 4.01. The fraction of sp³-hybridized carbons (Fsp3) is 0.706. The molecule has 112 valence electrons. The van der Waals surface area contributed by atoms with Gasteiger partial charge in [0.25, 0.3) is 0 Å². The molecule has 3 heteroatoms. The van der Waals surface area contributed by atoms with Gasteiger partial charge in [-0.1, -0.05) is 33.1 Å². The molecular weight excluding hydrogens is 248 g/mol. The number of hydrogen-bond donors (Lipinski definition) is 1. The summed E-state index contributed by atoms with van der Waals surface area (Å²) in [6.07, 6.45) is 11.9. The summed E-state index contributed by atoms with van der Waals surface area (Å²) >= 11 is 0. The summed E-state index contributed by atoms with van der Waals surface area (Å²) in [7, 11) is 0. The maximum Gasteiger partial charge on any atom is 0.137 e. The van der Waals surface area contributed by atoms with Gasteiger partial charge in [0.1, 0.15) is 5.75 Å². The second-order valence-electron chi connectivity index (χ2n) is 6.12. The molecule has 1 fully saturated rings. The molecule has 0 aliphatic heterocycles. The maximum atomic E-state index is 6.70. The van der Waals surface area contributed by atoms with Gasteiger partial charge in [0, 0.05) is 11.7 Å². The van der Waals surface area contributed by atoms with E-state index in [4.69, 9.17) is 10.5 Å². The van der Waals surface area contributed by atoms with Gasteiger partial charge in [-0.05, 0) is 43.2 Å². The average Bonchev–Trinajstić information content (AvgIpc) is 2.68. The molecule has 0 aromatic carbocycles. The molecule has 1 aromatic heterocycles. The lowest BCUT2D eigenvalue weighted by atomic mass is 9.84. The molecule has 2 rings (SSSR count). The second kappa shape index (κ2) is 7.07. The van der Waals surface area contributed by atoms with Crippen molar-refractivity contribution in [2.24, 2.45) is 11.7 Å². The van der Waals surface area contributed by atoms with Gasteiger partial charge in [-0.15, -0.1) is 0 Å². The van der Waals surface area contributed by atoms with Crippen LogP contribution >= 0.6 is 0 Å². The van der Waals surface area contributed by atoms with Crippen LogP contribution in [0.1, 0.15) is 64.4 Å². The molecule has 1 aromatic rings. The van der Waals surface area contributed by atoms with Crippen molar-refractivity contribution in [2.75, 3.05) is 6.61 Å². The van der Waals surface area contributed by atoms with Crippen molar-refractivity contribution in [3.63, 3.8) is 0 Å². The van der Waals surface area contributed by atoms with Crippen LogP contribution in [0.25, 0.3) is 0 Å². The van der Waals surface area contributed by atoms with E-state index in [0.717, 1.165) is 43.1 Å². The Morgan fingerprint density at radius 1 is 1.30 bits per heavy atom. The van der Waals surface area contributed by atoms with Crippen molar-refractivity contribution in [3.05, 3.63) is 24.0 Å². The SMILES string of the molecule is CCCOc1cncc(C2(N)CCCC(CC)CC2)c1. The second-order valence-corrected chi connectivity index (χ2v) is 6.12. The highest BCUT2D eigenvalue weighted by Gasteiger charge is 2.31. The van der Waals surface area contributed by atoms with Crippen LogP contribution in [0.5, 0.6) is 5.75 Å². The number of hydrogen-bond acceptors (Lipinski definition) is 3. The summed E-state index contributed by atoms with van der Waals surface area (Å²) in [6, 6.07) is 2.09. The lowest BCUT2D eigenvalue weighted by Crippen LogP contribution is -2.36. The number of ether oxygens (including phenoxy) is 1. The number of nitrogens with two attached hydrogens (primary N) is 1. The van der Waals surface area contributed by atoms with Crippen molar-refractivity contribution in [1.82, 2.24) is 4.98 Å². The largest absolute Gasteiger partial charge is 0.492 e. The smallest absolute Gasteiger partial charge is 0.137 e. The summed E-state index contributed by atoms with van der Waals surface area (Å²) in [6.45, 7) is 5.13. The fourth-order valence-corrected chi connectivity index (χ4v) is 3.12. The standard InChI is InChI=1S/C17H28N2O/c1-3-10-20-16-11-15(12-19-13-16)17(18)8-5-6-14(4-2)7-9-17/h11-14H,3-10,18H2,1-2H3. The number of rotatable bonds is 5. The first-order valence-corrected chi connectivity index (χ1v) is 8.05. The third kappa shape index (κ3) is 3.72. The van der Waals surface area contributed by atoms with Gasteiger partial charge in [0.05, 0.1) is 12.8 Å². The Balaban J connectivity index is 2.12. The van der Waals surface area contributed by atoms with Crippen molar-refractivity contribution < 1.29 is 4.74 Å². The normalized spacial score (nSPS) is 27.1. The van der Waals surface area contributed by atoms with Crippen LogP contribution < -0.4 is 10.5 Å². The molecule has 0 radical (unpaired) electrons. The first-order chi connectivity index (χ1) is 9.68. The van der Waals surface area contributed by atoms with Crippen LogP contribution in [-0.2, 0) is 5.54 Å². The van der Waals surface area contributed by atoms with Gasteiger partial charge in [0.2, 0.25) is 0 Å². The van der Waals surface area contributed by atoms with E-state index in [0.29, 0.717) is 0 Å². The molecule has 1 heterocycles. The number of aromatic nitrogens is 1. The molecule has 1 aliphatic rings. The minimum Gasteiger partial charge on any atom is -0.492 e. The van der Waals surface area contributed by atoms with E-state index in [2.05, 4.69) is 24.9 Å². The van der Waals surface area contributed by atoms with Gasteiger partial charge < -0.3 is 10.5 Å². The molecule has 2 N–H and O–H groups in total. The van der Waals surface area contributed by atoms with Gasteiger partial charge in [-0.2, -0.15) is 0 Å². The summed E-state index contributed by atoms with van der Waals surface area (Å²) in [5.74, 6) is 1.69. The first-order valence-electron chi connectivity index (χ1n) is 8.05. The predicted molar refractivity (Wildman–Crippen MR) is 82.8 cm³/mol. The van der Waals surface area contributed by atoms with Crippen molar-refractivity contribution in [3.8, 4) is 5.75 Å². The molecule has 20 heavy (non-hydrogen) atoms. The van der Waals surface area contributed by atoms with Crippen LogP contribution in [0.4, 0.5) is 0 Å². The fourth-order valence-electron chi connectivity index (χ4n) is 3.12. The molecule has 0 saturated heterocycles. The molecule has 2 atom stereocenters. The molecule has 0 spiro atoms. The lowest BCUT2D eigenvalue weighted by molar-refractivity contribution is 0.312. The molecule has 2 unspecified atom stereocenters. The molecular formula is C17H28N2O. The highest BCUT2D eigenvalue weighted by Crippen LogP contribution is 2.37. The summed E-state index contributed by atoms with van der Waals surface area (Å²) < 4.78 is 5.69. The highest BCUT2D eigenvalue weighted by atomic mass is 16.5. The monoisotopic (exact) mass is 276 g/mol. The van der Waals surface area contributed by atoms with Gasteiger partial charge in [0.15, 0.2) is 0 Å². The van der Waals surface area contributed by atoms with Crippen LogP contribution in [-0.4, -0.2) is 11.6 Å². The first kappa shape index (κ1) is 15.3. The zero-order valence-corrected chi connectivity index (χ0v) is 12.9. The minimum absolute atomic E-state index is 0.220. The van der Waals surface area contributed by atoms with E-state index in [-0.39, 0.29) is 5.54 Å². The van der Waals surface area contributed by atoms with E-state index < -0.39 is 0 Å². The van der Waals surface area contributed by atoms with Gasteiger partial charge in [-0.25, -0.2) is 0 Å². The van der Waals surface area contributed by atoms with Crippen molar-refractivity contribution in [1.29, 1.82) is 0 Å². The van der Waals surface area contributed by atoms with Crippen LogP contribution in [0.15, 0.2) is 18.5 Å². The quantitative estimate of drug-likeness (QED) is 0.826. The number of pyridine rings is 1. The van der Waals surface area contributed by atoms with Crippen LogP contribution in [0.3, 0.4) is 0 Å².